The van der Waals surface area contributed by atoms with Gasteiger partial charge in [0.15, 0.2) is 0 Å². The maximum Gasteiger partial charge on any atom is 0.416 e. The van der Waals surface area contributed by atoms with Gasteiger partial charge in [-0.25, -0.2) is 9.18 Å². The highest BCUT2D eigenvalue weighted by Gasteiger charge is 2.35. The van der Waals surface area contributed by atoms with Gasteiger partial charge in [0.25, 0.3) is 0 Å². The Morgan fingerprint density at radius 1 is 1.11 bits per heavy atom. The van der Waals surface area contributed by atoms with Gasteiger partial charge in [-0.05, 0) is 72.1 Å². The number of rotatable bonds is 7. The molecule has 5 rings (SSSR count). The number of carbonyl (C=O) groups excluding carboxylic acids is 1. The first kappa shape index (κ1) is 25.3. The molecule has 2 atom stereocenters. The molecule has 7 nitrogen and oxygen atoms in total. The van der Waals surface area contributed by atoms with Crippen LogP contribution >= 0.6 is 15.9 Å². The summed E-state index contributed by atoms with van der Waals surface area (Å²) < 4.78 is 25.6. The number of hydrogen-bond donors (Lipinski definition) is 3. The van der Waals surface area contributed by atoms with E-state index in [2.05, 4.69) is 27.0 Å². The summed E-state index contributed by atoms with van der Waals surface area (Å²) in [5, 5.41) is 19.6. The van der Waals surface area contributed by atoms with Crippen LogP contribution in [0.5, 0.6) is 11.5 Å². The molecule has 1 unspecified atom stereocenters. The van der Waals surface area contributed by atoms with Crippen molar-refractivity contribution in [1.29, 1.82) is 0 Å². The molecule has 192 valence electrons. The van der Waals surface area contributed by atoms with Crippen molar-refractivity contribution < 1.29 is 28.9 Å². The second kappa shape index (κ2) is 10.9. The quantitative estimate of drug-likeness (QED) is 0.280. The normalized spacial score (nSPS) is 15.9. The minimum atomic E-state index is -0.817. The number of nitrogens with zero attached hydrogens (tertiary/aromatic N) is 1. The average molecular weight is 569 g/mol. The molecule has 37 heavy (non-hydrogen) atoms. The molecule has 0 radical (unpaired) electrons. The van der Waals surface area contributed by atoms with E-state index in [1.165, 1.54) is 24.3 Å². The Bertz CT molecular complexity index is 1390. The third-order valence-corrected chi connectivity index (χ3v) is 6.96. The van der Waals surface area contributed by atoms with Crippen molar-refractivity contribution in [3.05, 3.63) is 93.8 Å². The zero-order valence-corrected chi connectivity index (χ0v) is 21.4. The highest BCUT2D eigenvalue weighted by Crippen LogP contribution is 2.40. The zero-order valence-electron chi connectivity index (χ0n) is 19.9. The van der Waals surface area contributed by atoms with E-state index in [4.69, 9.17) is 14.6 Å². The van der Waals surface area contributed by atoms with Crippen LogP contribution in [0.2, 0.25) is 0 Å². The first-order valence-corrected chi connectivity index (χ1v) is 12.8. The van der Waals surface area contributed by atoms with Crippen molar-refractivity contribution in [2.75, 3.05) is 19.8 Å². The number of aromatic nitrogens is 1. The summed E-state index contributed by atoms with van der Waals surface area (Å²) in [4.78, 5) is 18.5. The van der Waals surface area contributed by atoms with Crippen molar-refractivity contribution in [2.24, 2.45) is 0 Å². The summed E-state index contributed by atoms with van der Waals surface area (Å²) >= 11 is 3.56. The van der Waals surface area contributed by atoms with Gasteiger partial charge in [-0.3, -0.25) is 4.90 Å². The van der Waals surface area contributed by atoms with Gasteiger partial charge < -0.3 is 24.7 Å². The molecule has 4 aromatic rings. The molecule has 2 heterocycles. The molecule has 9 heteroatoms. The van der Waals surface area contributed by atoms with Crippen LogP contribution in [0.3, 0.4) is 0 Å². The predicted molar refractivity (Wildman–Crippen MR) is 140 cm³/mol. The summed E-state index contributed by atoms with van der Waals surface area (Å²) in [6, 6.07) is 18.4. The highest BCUT2D eigenvalue weighted by molar-refractivity contribution is 9.10. The number of halogens is 2. The molecule has 0 aliphatic carbocycles. The van der Waals surface area contributed by atoms with Crippen LogP contribution in [0.4, 0.5) is 9.18 Å². The lowest BCUT2D eigenvalue weighted by atomic mass is 9.92. The standard InChI is InChI=1S/C28H26BrFN2O5/c29-18-3-10-25-24(15-18)23-11-13-32(28(35)37-22-8-4-19(30)5-9-22)27(26(23)31-25)17-1-6-21(7-2-17)36-14-12-20(34)16-33/h1-10,15,20,27,31,33-34H,11-14,16H2/t20-,27?/m0/s1. The number of carbonyl (C=O) groups is 1. The maximum absolute atomic E-state index is 13.3. The minimum Gasteiger partial charge on any atom is -0.493 e. The molecule has 0 saturated heterocycles. The number of fused-ring (bicyclic) bond motifs is 3. The first-order valence-electron chi connectivity index (χ1n) is 12.0. The van der Waals surface area contributed by atoms with Crippen molar-refractivity contribution >= 4 is 32.9 Å². The van der Waals surface area contributed by atoms with E-state index in [-0.39, 0.29) is 19.0 Å². The zero-order chi connectivity index (χ0) is 25.9. The Morgan fingerprint density at radius 2 is 1.84 bits per heavy atom. The number of aliphatic hydroxyl groups is 2. The number of aliphatic hydroxyl groups excluding tert-OH is 2. The summed E-state index contributed by atoms with van der Waals surface area (Å²) in [5.41, 5.74) is 3.90. The van der Waals surface area contributed by atoms with Crippen molar-refractivity contribution in [1.82, 2.24) is 9.88 Å². The number of benzene rings is 3. The van der Waals surface area contributed by atoms with Crippen LogP contribution in [-0.2, 0) is 6.42 Å². The van der Waals surface area contributed by atoms with Gasteiger partial charge >= 0.3 is 6.09 Å². The molecular formula is C28H26BrFN2O5. The van der Waals surface area contributed by atoms with E-state index in [1.54, 1.807) is 4.90 Å². The molecular weight excluding hydrogens is 543 g/mol. The van der Waals surface area contributed by atoms with Crippen LogP contribution in [0.15, 0.2) is 71.2 Å². The van der Waals surface area contributed by atoms with Gasteiger partial charge in [0.05, 0.1) is 19.3 Å². The molecule has 1 aromatic heterocycles. The lowest BCUT2D eigenvalue weighted by molar-refractivity contribution is 0.0754. The average Bonchev–Trinajstić information content (AvgIpc) is 3.27. The van der Waals surface area contributed by atoms with E-state index >= 15 is 0 Å². The Labute approximate surface area is 221 Å². The van der Waals surface area contributed by atoms with Crippen LogP contribution in [-0.4, -0.2) is 52.1 Å². The molecule has 1 amide bonds. The Balaban J connectivity index is 1.46. The van der Waals surface area contributed by atoms with Crippen LogP contribution in [0.25, 0.3) is 10.9 Å². The van der Waals surface area contributed by atoms with E-state index in [1.807, 2.05) is 36.4 Å². The van der Waals surface area contributed by atoms with Crippen LogP contribution in [0.1, 0.15) is 29.3 Å². The molecule has 0 bridgehead atoms. The third kappa shape index (κ3) is 5.49. The lowest BCUT2D eigenvalue weighted by Crippen LogP contribution is -2.42. The lowest BCUT2D eigenvalue weighted by Gasteiger charge is -2.35. The van der Waals surface area contributed by atoms with Gasteiger partial charge in [0.2, 0.25) is 0 Å². The van der Waals surface area contributed by atoms with E-state index in [9.17, 15) is 14.3 Å². The monoisotopic (exact) mass is 568 g/mol. The number of hydrogen-bond acceptors (Lipinski definition) is 5. The molecule has 1 aliphatic heterocycles. The number of aromatic amines is 1. The van der Waals surface area contributed by atoms with Crippen molar-refractivity contribution in [3.63, 3.8) is 0 Å². The molecule has 0 saturated carbocycles. The van der Waals surface area contributed by atoms with Gasteiger partial charge in [-0.1, -0.05) is 28.1 Å². The van der Waals surface area contributed by atoms with Crippen molar-refractivity contribution in [2.45, 2.75) is 25.0 Å². The molecule has 0 fully saturated rings. The number of nitrogens with one attached hydrogen (secondary N) is 1. The van der Waals surface area contributed by atoms with Gasteiger partial charge in [0.1, 0.15) is 23.4 Å². The summed E-state index contributed by atoms with van der Waals surface area (Å²) in [6.45, 7) is 0.396. The molecule has 3 N–H and O–H groups in total. The number of H-pyrrole nitrogens is 1. The van der Waals surface area contributed by atoms with Gasteiger partial charge in [0, 0.05) is 34.0 Å². The Kier molecular flexibility index (Phi) is 7.45. The fraction of sp³-hybridized carbons (Fsp3) is 0.250. The Morgan fingerprint density at radius 3 is 2.57 bits per heavy atom. The Hall–Kier alpha value is -3.40. The predicted octanol–water partition coefficient (Wildman–Crippen LogP) is 5.34. The summed E-state index contributed by atoms with van der Waals surface area (Å²) in [5.74, 6) is 0.481. The van der Waals surface area contributed by atoms with Gasteiger partial charge in [-0.15, -0.1) is 0 Å². The fourth-order valence-electron chi connectivity index (χ4n) is 4.62. The maximum atomic E-state index is 13.3. The van der Waals surface area contributed by atoms with Crippen LogP contribution in [0, 0.1) is 5.82 Å². The molecule has 1 aliphatic rings. The molecule has 3 aromatic carbocycles. The SMILES string of the molecule is O=C(Oc1ccc(F)cc1)N1CCc2c([nH]c3ccc(Br)cc23)C1c1ccc(OCC[C@H](O)CO)cc1. The second-order valence-electron chi connectivity index (χ2n) is 8.92. The van der Waals surface area contributed by atoms with E-state index < -0.39 is 24.1 Å². The highest BCUT2D eigenvalue weighted by atomic mass is 79.9. The topological polar surface area (TPSA) is 95.0 Å². The van der Waals surface area contributed by atoms with Crippen molar-refractivity contribution in [3.8, 4) is 11.5 Å². The number of amides is 1. The molecule has 0 spiro atoms. The summed E-state index contributed by atoms with van der Waals surface area (Å²) in [6.07, 6.45) is -0.379. The van der Waals surface area contributed by atoms with E-state index in [0.29, 0.717) is 25.1 Å². The van der Waals surface area contributed by atoms with Gasteiger partial charge in [-0.2, -0.15) is 0 Å². The smallest absolute Gasteiger partial charge is 0.416 e. The summed E-state index contributed by atoms with van der Waals surface area (Å²) in [7, 11) is 0. The fourth-order valence-corrected chi connectivity index (χ4v) is 4.98. The van der Waals surface area contributed by atoms with Crippen LogP contribution < -0.4 is 9.47 Å². The second-order valence-corrected chi connectivity index (χ2v) is 9.83. The number of ether oxygens (including phenoxy) is 2. The third-order valence-electron chi connectivity index (χ3n) is 6.47. The minimum absolute atomic E-state index is 0.266. The van der Waals surface area contributed by atoms with E-state index in [0.717, 1.165) is 32.2 Å². The largest absolute Gasteiger partial charge is 0.493 e. The first-order chi connectivity index (χ1) is 17.9.